The molecule has 1 aromatic heterocycles. The molecule has 0 spiro atoms. The van der Waals surface area contributed by atoms with Gasteiger partial charge in [0, 0.05) is 6.20 Å². The number of fused-ring (bicyclic) bond motifs is 1. The number of pyridine rings is 1. The molecule has 4 nitrogen and oxygen atoms in total. The highest BCUT2D eigenvalue weighted by Crippen LogP contribution is 2.30. The molecule has 0 fully saturated rings. The van der Waals surface area contributed by atoms with Crippen molar-refractivity contribution in [3.8, 4) is 0 Å². The first-order valence-corrected chi connectivity index (χ1v) is 8.58. The molecule has 1 aliphatic rings. The van der Waals surface area contributed by atoms with Crippen LogP contribution in [0.1, 0.15) is 41.1 Å². The lowest BCUT2D eigenvalue weighted by Gasteiger charge is -2.26. The number of hydrogen-bond acceptors (Lipinski definition) is 3. The van der Waals surface area contributed by atoms with Crippen molar-refractivity contribution in [3.63, 3.8) is 0 Å². The second-order valence-electron chi connectivity index (χ2n) is 6.51. The van der Waals surface area contributed by atoms with Gasteiger partial charge in [0.1, 0.15) is 0 Å². The van der Waals surface area contributed by atoms with Crippen LogP contribution in [0.5, 0.6) is 0 Å². The lowest BCUT2D eigenvalue weighted by atomic mass is 9.86. The maximum absolute atomic E-state index is 12.7. The topological polar surface area (TPSA) is 62.2 Å². The van der Waals surface area contributed by atoms with Crippen LogP contribution in [0.15, 0.2) is 42.6 Å². The fourth-order valence-corrected chi connectivity index (χ4v) is 3.43. The summed E-state index contributed by atoms with van der Waals surface area (Å²) in [5.74, 6) is -0.233. The van der Waals surface area contributed by atoms with Crippen LogP contribution in [-0.2, 0) is 17.6 Å². The molecule has 0 radical (unpaired) electrons. The smallest absolute Gasteiger partial charge is 0.229 e. The minimum Gasteiger partial charge on any atom is -0.394 e. The van der Waals surface area contributed by atoms with E-state index in [9.17, 15) is 9.90 Å². The monoisotopic (exact) mass is 324 g/mol. The molecule has 0 bridgehead atoms. The van der Waals surface area contributed by atoms with Crippen molar-refractivity contribution in [1.82, 2.24) is 10.3 Å². The van der Waals surface area contributed by atoms with Crippen LogP contribution in [0.25, 0.3) is 0 Å². The molecular formula is C20H24N2O2. The molecule has 2 aromatic rings. The highest BCUT2D eigenvalue weighted by molar-refractivity contribution is 5.84. The van der Waals surface area contributed by atoms with E-state index in [4.69, 9.17) is 0 Å². The van der Waals surface area contributed by atoms with Gasteiger partial charge in [-0.2, -0.15) is 0 Å². The average Bonchev–Trinajstić information content (AvgIpc) is 2.62. The SMILES string of the molecule is Cc1ccccc1CC(CO)NC(=O)C1CCCc2cccnc21. The highest BCUT2D eigenvalue weighted by atomic mass is 16.3. The predicted molar refractivity (Wildman–Crippen MR) is 93.8 cm³/mol. The number of carbonyl (C=O) groups excluding carboxylic acids is 1. The summed E-state index contributed by atoms with van der Waals surface area (Å²) in [6, 6.07) is 11.8. The Hall–Kier alpha value is -2.20. The molecule has 24 heavy (non-hydrogen) atoms. The summed E-state index contributed by atoms with van der Waals surface area (Å²) in [5.41, 5.74) is 4.39. The number of nitrogens with zero attached hydrogens (tertiary/aromatic N) is 1. The largest absolute Gasteiger partial charge is 0.394 e. The Morgan fingerprint density at radius 3 is 2.96 bits per heavy atom. The fraction of sp³-hybridized carbons (Fsp3) is 0.400. The Labute approximate surface area is 142 Å². The summed E-state index contributed by atoms with van der Waals surface area (Å²) < 4.78 is 0. The van der Waals surface area contributed by atoms with Gasteiger partial charge in [-0.1, -0.05) is 30.3 Å². The van der Waals surface area contributed by atoms with Gasteiger partial charge in [-0.25, -0.2) is 0 Å². The summed E-state index contributed by atoms with van der Waals surface area (Å²) in [7, 11) is 0. The molecular weight excluding hydrogens is 300 g/mol. The van der Waals surface area contributed by atoms with Crippen LogP contribution in [0, 0.1) is 6.92 Å². The third-order valence-electron chi connectivity index (χ3n) is 4.81. The minimum absolute atomic E-state index is 0.0257. The molecule has 0 aliphatic heterocycles. The predicted octanol–water partition coefficient (Wildman–Crippen LogP) is 2.53. The second kappa shape index (κ2) is 7.58. The van der Waals surface area contributed by atoms with Gasteiger partial charge in [-0.3, -0.25) is 9.78 Å². The molecule has 2 unspecified atom stereocenters. The number of rotatable bonds is 5. The Morgan fingerprint density at radius 1 is 1.33 bits per heavy atom. The summed E-state index contributed by atoms with van der Waals surface area (Å²) in [4.78, 5) is 17.2. The quantitative estimate of drug-likeness (QED) is 0.888. The maximum atomic E-state index is 12.7. The molecule has 0 saturated heterocycles. The summed E-state index contributed by atoms with van der Waals surface area (Å²) in [6.07, 6.45) is 5.19. The summed E-state index contributed by atoms with van der Waals surface area (Å²) in [5, 5.41) is 12.7. The van der Waals surface area contributed by atoms with Crippen LogP contribution < -0.4 is 5.32 Å². The van der Waals surface area contributed by atoms with E-state index >= 15 is 0 Å². The fourth-order valence-electron chi connectivity index (χ4n) is 3.43. The number of benzene rings is 1. The molecule has 1 aromatic carbocycles. The Kier molecular flexibility index (Phi) is 5.26. The van der Waals surface area contributed by atoms with Crippen LogP contribution in [0.4, 0.5) is 0 Å². The van der Waals surface area contributed by atoms with Crippen molar-refractivity contribution in [2.75, 3.05) is 6.61 Å². The highest BCUT2D eigenvalue weighted by Gasteiger charge is 2.28. The van der Waals surface area contributed by atoms with E-state index in [1.54, 1.807) is 6.20 Å². The van der Waals surface area contributed by atoms with E-state index in [1.807, 2.05) is 37.3 Å². The average molecular weight is 324 g/mol. The minimum atomic E-state index is -0.271. The third kappa shape index (κ3) is 3.65. The van der Waals surface area contributed by atoms with Gasteiger partial charge >= 0.3 is 0 Å². The summed E-state index contributed by atoms with van der Waals surface area (Å²) in [6.45, 7) is 1.98. The van der Waals surface area contributed by atoms with Gasteiger partial charge in [0.15, 0.2) is 0 Å². The van der Waals surface area contributed by atoms with Crippen molar-refractivity contribution in [3.05, 3.63) is 65.0 Å². The van der Waals surface area contributed by atoms with Crippen LogP contribution in [-0.4, -0.2) is 28.6 Å². The van der Waals surface area contributed by atoms with E-state index < -0.39 is 0 Å². The maximum Gasteiger partial charge on any atom is 0.229 e. The lowest BCUT2D eigenvalue weighted by Crippen LogP contribution is -2.42. The molecule has 2 N–H and O–H groups in total. The molecule has 0 saturated carbocycles. The van der Waals surface area contributed by atoms with Gasteiger partial charge in [-0.05, 0) is 55.4 Å². The van der Waals surface area contributed by atoms with Crippen molar-refractivity contribution in [2.45, 2.75) is 44.6 Å². The van der Waals surface area contributed by atoms with Gasteiger partial charge in [0.2, 0.25) is 5.91 Å². The van der Waals surface area contributed by atoms with Gasteiger partial charge < -0.3 is 10.4 Å². The first-order valence-electron chi connectivity index (χ1n) is 8.58. The van der Waals surface area contributed by atoms with Crippen molar-refractivity contribution >= 4 is 5.91 Å². The number of amides is 1. The van der Waals surface area contributed by atoms with Crippen molar-refractivity contribution < 1.29 is 9.90 Å². The van der Waals surface area contributed by atoms with E-state index in [2.05, 4.69) is 16.4 Å². The third-order valence-corrected chi connectivity index (χ3v) is 4.81. The normalized spacial score (nSPS) is 17.8. The molecule has 126 valence electrons. The van der Waals surface area contributed by atoms with E-state index in [0.29, 0.717) is 6.42 Å². The number of aromatic nitrogens is 1. The van der Waals surface area contributed by atoms with E-state index in [0.717, 1.165) is 30.5 Å². The number of nitrogens with one attached hydrogen (secondary N) is 1. The first-order chi connectivity index (χ1) is 11.7. The van der Waals surface area contributed by atoms with Crippen LogP contribution in [0.2, 0.25) is 0 Å². The zero-order chi connectivity index (χ0) is 16.9. The zero-order valence-corrected chi connectivity index (χ0v) is 14.0. The first kappa shape index (κ1) is 16.7. The molecule has 1 aliphatic carbocycles. The summed E-state index contributed by atoms with van der Waals surface area (Å²) >= 11 is 0. The number of hydrogen-bond donors (Lipinski definition) is 2. The number of aryl methyl sites for hydroxylation is 2. The Morgan fingerprint density at radius 2 is 2.17 bits per heavy atom. The number of aliphatic hydroxyl groups is 1. The molecule has 2 atom stereocenters. The van der Waals surface area contributed by atoms with Gasteiger partial charge in [0.25, 0.3) is 0 Å². The molecule has 1 amide bonds. The Balaban J connectivity index is 1.71. The molecule has 1 heterocycles. The van der Waals surface area contributed by atoms with E-state index in [1.165, 1.54) is 11.1 Å². The number of aliphatic hydroxyl groups excluding tert-OH is 1. The van der Waals surface area contributed by atoms with Gasteiger partial charge in [-0.15, -0.1) is 0 Å². The molecule has 4 heteroatoms. The molecule has 3 rings (SSSR count). The zero-order valence-electron chi connectivity index (χ0n) is 14.0. The van der Waals surface area contributed by atoms with Crippen LogP contribution in [0.3, 0.4) is 0 Å². The standard InChI is InChI=1S/C20H24N2O2/c1-14-6-2-3-7-16(14)12-17(13-23)22-20(24)18-10-4-8-15-9-5-11-21-19(15)18/h2-3,5-7,9,11,17-18,23H,4,8,10,12-13H2,1H3,(H,22,24). The Bertz CT molecular complexity index is 714. The van der Waals surface area contributed by atoms with Crippen molar-refractivity contribution in [1.29, 1.82) is 0 Å². The van der Waals surface area contributed by atoms with Gasteiger partial charge in [0.05, 0.1) is 24.3 Å². The van der Waals surface area contributed by atoms with Crippen LogP contribution >= 0.6 is 0 Å². The van der Waals surface area contributed by atoms with E-state index in [-0.39, 0.29) is 24.5 Å². The lowest BCUT2D eigenvalue weighted by molar-refractivity contribution is -0.124. The van der Waals surface area contributed by atoms with Crippen molar-refractivity contribution in [2.24, 2.45) is 0 Å². The number of carbonyl (C=O) groups is 1. The second-order valence-corrected chi connectivity index (χ2v) is 6.51.